The van der Waals surface area contributed by atoms with Crippen LogP contribution in [0.15, 0.2) is 22.7 Å². The first-order valence-electron chi connectivity index (χ1n) is 4.92. The molecule has 0 saturated carbocycles. The van der Waals surface area contributed by atoms with Gasteiger partial charge in [-0.15, -0.1) is 0 Å². The fourth-order valence-corrected chi connectivity index (χ4v) is 1.77. The van der Waals surface area contributed by atoms with Crippen molar-refractivity contribution >= 4 is 15.9 Å². The van der Waals surface area contributed by atoms with Crippen LogP contribution in [0.4, 0.5) is 0 Å². The van der Waals surface area contributed by atoms with Gasteiger partial charge in [0.05, 0.1) is 0 Å². The van der Waals surface area contributed by atoms with E-state index >= 15 is 0 Å². The van der Waals surface area contributed by atoms with Gasteiger partial charge in [0, 0.05) is 10.0 Å². The Morgan fingerprint density at radius 3 is 2.57 bits per heavy atom. The summed E-state index contributed by atoms with van der Waals surface area (Å²) in [6.45, 7) is 6.28. The standard InChI is InChI=1S/C12H18BrN/c1-9-4-5-11(13)8-10(9)6-7-12(2,3)14/h4-5,8H,6-7,14H2,1-3H3. The molecule has 0 aromatic heterocycles. The molecule has 0 aliphatic carbocycles. The Morgan fingerprint density at radius 2 is 2.00 bits per heavy atom. The lowest BCUT2D eigenvalue weighted by Crippen LogP contribution is -2.32. The lowest BCUT2D eigenvalue weighted by atomic mass is 9.95. The smallest absolute Gasteiger partial charge is 0.0178 e. The molecule has 14 heavy (non-hydrogen) atoms. The van der Waals surface area contributed by atoms with Gasteiger partial charge in [-0.1, -0.05) is 22.0 Å². The summed E-state index contributed by atoms with van der Waals surface area (Å²) in [5, 5.41) is 0. The molecule has 0 saturated heterocycles. The number of aryl methyl sites for hydroxylation is 2. The van der Waals surface area contributed by atoms with E-state index in [1.54, 1.807) is 0 Å². The zero-order chi connectivity index (χ0) is 10.8. The van der Waals surface area contributed by atoms with Crippen LogP contribution in [-0.4, -0.2) is 5.54 Å². The number of halogens is 1. The number of hydrogen-bond donors (Lipinski definition) is 1. The summed E-state index contributed by atoms with van der Waals surface area (Å²) in [6, 6.07) is 6.40. The van der Waals surface area contributed by atoms with Crippen LogP contribution in [0.1, 0.15) is 31.4 Å². The monoisotopic (exact) mass is 255 g/mol. The highest BCUT2D eigenvalue weighted by Gasteiger charge is 2.11. The molecule has 0 atom stereocenters. The lowest BCUT2D eigenvalue weighted by Gasteiger charge is -2.18. The normalized spacial score (nSPS) is 11.8. The highest BCUT2D eigenvalue weighted by atomic mass is 79.9. The molecule has 1 aromatic rings. The van der Waals surface area contributed by atoms with Gasteiger partial charge in [0.2, 0.25) is 0 Å². The van der Waals surface area contributed by atoms with Gasteiger partial charge in [-0.2, -0.15) is 0 Å². The Kier molecular flexibility index (Phi) is 3.73. The minimum Gasteiger partial charge on any atom is -0.326 e. The zero-order valence-electron chi connectivity index (χ0n) is 9.10. The molecule has 0 fully saturated rings. The molecule has 1 nitrogen and oxygen atoms in total. The molecule has 0 aliphatic heterocycles. The van der Waals surface area contributed by atoms with Gasteiger partial charge in [-0.05, 0) is 56.9 Å². The molecule has 0 amide bonds. The summed E-state index contributed by atoms with van der Waals surface area (Å²) in [5.74, 6) is 0. The molecule has 0 spiro atoms. The van der Waals surface area contributed by atoms with Gasteiger partial charge < -0.3 is 5.73 Å². The van der Waals surface area contributed by atoms with Crippen molar-refractivity contribution in [2.24, 2.45) is 5.73 Å². The predicted octanol–water partition coefficient (Wildman–Crippen LogP) is 3.43. The Balaban J connectivity index is 2.72. The maximum absolute atomic E-state index is 5.96. The van der Waals surface area contributed by atoms with Crippen molar-refractivity contribution in [1.82, 2.24) is 0 Å². The first-order chi connectivity index (χ1) is 6.38. The minimum atomic E-state index is -0.0746. The third-order valence-corrected chi connectivity index (χ3v) is 2.84. The van der Waals surface area contributed by atoms with Gasteiger partial charge in [0.25, 0.3) is 0 Å². The summed E-state index contributed by atoms with van der Waals surface area (Å²) in [6.07, 6.45) is 2.07. The van der Waals surface area contributed by atoms with Crippen LogP contribution in [0.25, 0.3) is 0 Å². The number of rotatable bonds is 3. The molecule has 2 N–H and O–H groups in total. The van der Waals surface area contributed by atoms with Gasteiger partial charge in [0.1, 0.15) is 0 Å². The summed E-state index contributed by atoms with van der Waals surface area (Å²) < 4.78 is 1.15. The summed E-state index contributed by atoms with van der Waals surface area (Å²) in [4.78, 5) is 0. The predicted molar refractivity (Wildman–Crippen MR) is 65.5 cm³/mol. The summed E-state index contributed by atoms with van der Waals surface area (Å²) >= 11 is 3.49. The third-order valence-electron chi connectivity index (χ3n) is 2.35. The second-order valence-electron chi connectivity index (χ2n) is 4.56. The topological polar surface area (TPSA) is 26.0 Å². The van der Waals surface area contributed by atoms with E-state index in [1.165, 1.54) is 11.1 Å². The number of hydrogen-bond acceptors (Lipinski definition) is 1. The first kappa shape index (κ1) is 11.7. The van der Waals surface area contributed by atoms with Crippen LogP contribution >= 0.6 is 15.9 Å². The molecule has 0 unspecified atom stereocenters. The number of benzene rings is 1. The SMILES string of the molecule is Cc1ccc(Br)cc1CCC(C)(C)N. The van der Waals surface area contributed by atoms with Crippen molar-refractivity contribution in [2.75, 3.05) is 0 Å². The van der Waals surface area contributed by atoms with Crippen LogP contribution in [-0.2, 0) is 6.42 Å². The Labute approximate surface area is 94.8 Å². The number of nitrogens with two attached hydrogens (primary N) is 1. The quantitative estimate of drug-likeness (QED) is 0.880. The van der Waals surface area contributed by atoms with Gasteiger partial charge in [-0.3, -0.25) is 0 Å². The van der Waals surface area contributed by atoms with Crippen molar-refractivity contribution in [2.45, 2.75) is 39.2 Å². The van der Waals surface area contributed by atoms with E-state index < -0.39 is 0 Å². The fourth-order valence-electron chi connectivity index (χ4n) is 1.37. The van der Waals surface area contributed by atoms with Crippen molar-refractivity contribution in [3.63, 3.8) is 0 Å². The van der Waals surface area contributed by atoms with Crippen molar-refractivity contribution in [3.05, 3.63) is 33.8 Å². The first-order valence-corrected chi connectivity index (χ1v) is 5.72. The average molecular weight is 256 g/mol. The Hall–Kier alpha value is -0.340. The molecule has 0 radical (unpaired) electrons. The van der Waals surface area contributed by atoms with Gasteiger partial charge >= 0.3 is 0 Å². The van der Waals surface area contributed by atoms with Gasteiger partial charge in [-0.25, -0.2) is 0 Å². The molecular formula is C12H18BrN. The van der Waals surface area contributed by atoms with Crippen molar-refractivity contribution in [1.29, 1.82) is 0 Å². The third kappa shape index (κ3) is 3.81. The molecule has 1 rings (SSSR count). The fraction of sp³-hybridized carbons (Fsp3) is 0.500. The largest absolute Gasteiger partial charge is 0.326 e. The minimum absolute atomic E-state index is 0.0746. The molecular weight excluding hydrogens is 238 g/mol. The average Bonchev–Trinajstić information content (AvgIpc) is 2.05. The maximum atomic E-state index is 5.96. The van der Waals surface area contributed by atoms with E-state index in [9.17, 15) is 0 Å². The molecule has 1 aromatic carbocycles. The summed E-state index contributed by atoms with van der Waals surface area (Å²) in [5.41, 5.74) is 8.62. The van der Waals surface area contributed by atoms with Crippen molar-refractivity contribution < 1.29 is 0 Å². The molecule has 78 valence electrons. The molecule has 0 aliphatic rings. The van der Waals surface area contributed by atoms with Crippen LogP contribution in [0.5, 0.6) is 0 Å². The van der Waals surface area contributed by atoms with E-state index in [2.05, 4.69) is 54.9 Å². The molecule has 0 bridgehead atoms. The van der Waals surface area contributed by atoms with Crippen LogP contribution in [0.2, 0.25) is 0 Å². The Bertz CT molecular complexity index is 313. The lowest BCUT2D eigenvalue weighted by molar-refractivity contribution is 0.476. The van der Waals surface area contributed by atoms with Crippen LogP contribution in [0, 0.1) is 6.92 Å². The Morgan fingerprint density at radius 1 is 1.36 bits per heavy atom. The van der Waals surface area contributed by atoms with E-state index in [0.717, 1.165) is 17.3 Å². The van der Waals surface area contributed by atoms with E-state index in [1.807, 2.05) is 0 Å². The van der Waals surface area contributed by atoms with Crippen LogP contribution in [0.3, 0.4) is 0 Å². The highest BCUT2D eigenvalue weighted by Crippen LogP contribution is 2.19. The van der Waals surface area contributed by atoms with Gasteiger partial charge in [0.15, 0.2) is 0 Å². The van der Waals surface area contributed by atoms with Crippen molar-refractivity contribution in [3.8, 4) is 0 Å². The second kappa shape index (κ2) is 4.45. The highest BCUT2D eigenvalue weighted by molar-refractivity contribution is 9.10. The zero-order valence-corrected chi connectivity index (χ0v) is 10.7. The van der Waals surface area contributed by atoms with E-state index in [4.69, 9.17) is 5.73 Å². The molecule has 2 heteroatoms. The molecule has 0 heterocycles. The second-order valence-corrected chi connectivity index (χ2v) is 5.48. The van der Waals surface area contributed by atoms with E-state index in [0.29, 0.717) is 0 Å². The van der Waals surface area contributed by atoms with E-state index in [-0.39, 0.29) is 5.54 Å². The van der Waals surface area contributed by atoms with Crippen LogP contribution < -0.4 is 5.73 Å². The maximum Gasteiger partial charge on any atom is 0.0178 e. The summed E-state index contributed by atoms with van der Waals surface area (Å²) in [7, 11) is 0.